The predicted molar refractivity (Wildman–Crippen MR) is 84.2 cm³/mol. The lowest BCUT2D eigenvalue weighted by molar-refractivity contribution is 0.239. The Bertz CT molecular complexity index is 505. The first-order valence-electron chi connectivity index (χ1n) is 7.31. The maximum atomic E-state index is 3.94. The van der Waals surface area contributed by atoms with E-state index in [4.69, 9.17) is 0 Å². The van der Waals surface area contributed by atoms with Gasteiger partial charge in [-0.05, 0) is 23.5 Å². The van der Waals surface area contributed by atoms with Gasteiger partial charge >= 0.3 is 0 Å². The minimum Gasteiger partial charge on any atom is -0.291 e. The Hall–Kier alpha value is -1.86. The van der Waals surface area contributed by atoms with E-state index < -0.39 is 0 Å². The van der Waals surface area contributed by atoms with Crippen molar-refractivity contribution < 1.29 is 0 Å². The molecule has 0 spiro atoms. The lowest BCUT2D eigenvalue weighted by atomic mass is 10.1. The predicted octanol–water partition coefficient (Wildman–Crippen LogP) is 4.26. The molecular weight excluding hydrogens is 242 g/mol. The molecule has 2 aromatic carbocycles. The highest BCUT2D eigenvalue weighted by atomic mass is 15.2. The van der Waals surface area contributed by atoms with E-state index in [2.05, 4.69) is 78.2 Å². The van der Waals surface area contributed by atoms with Gasteiger partial charge in [0.15, 0.2) is 0 Å². The normalized spacial score (nSPS) is 20.9. The maximum absolute atomic E-state index is 3.94. The van der Waals surface area contributed by atoms with E-state index in [-0.39, 0.29) is 0 Å². The van der Waals surface area contributed by atoms with E-state index in [1.54, 1.807) is 0 Å². The van der Waals surface area contributed by atoms with Gasteiger partial charge in [0, 0.05) is 19.1 Å². The lowest BCUT2D eigenvalue weighted by Gasteiger charge is -2.23. The third kappa shape index (κ3) is 3.17. The third-order valence-corrected chi connectivity index (χ3v) is 4.03. The van der Waals surface area contributed by atoms with Crippen LogP contribution in [0.2, 0.25) is 0 Å². The molecule has 0 aromatic heterocycles. The number of hydrogen-bond donors (Lipinski definition) is 0. The second-order valence-corrected chi connectivity index (χ2v) is 5.58. The van der Waals surface area contributed by atoms with E-state index >= 15 is 0 Å². The number of hydrogen-bond acceptors (Lipinski definition) is 1. The van der Waals surface area contributed by atoms with Gasteiger partial charge in [-0.1, -0.05) is 66.7 Å². The molecule has 1 fully saturated rings. The Labute approximate surface area is 121 Å². The number of nitrogens with zero attached hydrogens (tertiary/aromatic N) is 1. The van der Waals surface area contributed by atoms with E-state index in [1.165, 1.54) is 17.5 Å². The summed E-state index contributed by atoms with van der Waals surface area (Å²) < 4.78 is 0. The largest absolute Gasteiger partial charge is 0.291 e. The van der Waals surface area contributed by atoms with Crippen LogP contribution in [0, 0.1) is 5.92 Å². The maximum Gasteiger partial charge on any atom is 0.0240 e. The average molecular weight is 263 g/mol. The Morgan fingerprint density at radius 1 is 0.900 bits per heavy atom. The highest BCUT2D eigenvalue weighted by Gasteiger charge is 2.39. The van der Waals surface area contributed by atoms with Gasteiger partial charge < -0.3 is 0 Å². The SMILES string of the molecule is C=C[C@@H]1C[C@H]1N(Cc1ccccc1)Cc1ccccc1. The van der Waals surface area contributed by atoms with Gasteiger partial charge in [-0.3, -0.25) is 4.90 Å². The molecule has 0 radical (unpaired) electrons. The van der Waals surface area contributed by atoms with Crippen LogP contribution in [-0.4, -0.2) is 10.9 Å². The Morgan fingerprint density at radius 3 is 1.80 bits per heavy atom. The first kappa shape index (κ1) is 13.1. The van der Waals surface area contributed by atoms with Gasteiger partial charge in [-0.25, -0.2) is 0 Å². The fourth-order valence-electron chi connectivity index (χ4n) is 2.80. The molecule has 0 saturated heterocycles. The molecule has 0 amide bonds. The molecule has 0 bridgehead atoms. The summed E-state index contributed by atoms with van der Waals surface area (Å²) in [6, 6.07) is 22.1. The molecule has 2 atom stereocenters. The molecule has 0 aliphatic heterocycles. The van der Waals surface area contributed by atoms with Crippen molar-refractivity contribution in [1.29, 1.82) is 0 Å². The Balaban J connectivity index is 1.73. The number of benzene rings is 2. The van der Waals surface area contributed by atoms with Gasteiger partial charge in [0.1, 0.15) is 0 Å². The molecule has 0 unspecified atom stereocenters. The van der Waals surface area contributed by atoms with Crippen molar-refractivity contribution in [3.05, 3.63) is 84.4 Å². The Kier molecular flexibility index (Phi) is 3.98. The third-order valence-electron chi connectivity index (χ3n) is 4.03. The molecule has 20 heavy (non-hydrogen) atoms. The summed E-state index contributed by atoms with van der Waals surface area (Å²) >= 11 is 0. The summed E-state index contributed by atoms with van der Waals surface area (Å²) in [5, 5.41) is 0. The van der Waals surface area contributed by atoms with Gasteiger partial charge in [0.2, 0.25) is 0 Å². The smallest absolute Gasteiger partial charge is 0.0240 e. The quantitative estimate of drug-likeness (QED) is 0.704. The average Bonchev–Trinajstić information content (AvgIpc) is 3.28. The van der Waals surface area contributed by atoms with E-state index in [0.29, 0.717) is 12.0 Å². The fourth-order valence-corrected chi connectivity index (χ4v) is 2.80. The summed E-state index contributed by atoms with van der Waals surface area (Å²) in [6.45, 7) is 5.98. The monoisotopic (exact) mass is 263 g/mol. The molecule has 2 aromatic rings. The van der Waals surface area contributed by atoms with E-state index in [0.717, 1.165) is 13.1 Å². The minimum absolute atomic E-state index is 0.660. The highest BCUT2D eigenvalue weighted by molar-refractivity contribution is 5.19. The summed E-state index contributed by atoms with van der Waals surface area (Å²) in [7, 11) is 0. The second-order valence-electron chi connectivity index (χ2n) is 5.58. The zero-order chi connectivity index (χ0) is 13.8. The summed E-state index contributed by atoms with van der Waals surface area (Å²) in [5.74, 6) is 0.669. The van der Waals surface area contributed by atoms with Crippen LogP contribution >= 0.6 is 0 Å². The van der Waals surface area contributed by atoms with E-state index in [9.17, 15) is 0 Å². The number of rotatable bonds is 6. The molecule has 1 aliphatic carbocycles. The second kappa shape index (κ2) is 6.06. The van der Waals surface area contributed by atoms with Crippen molar-refractivity contribution in [3.8, 4) is 0 Å². The summed E-state index contributed by atoms with van der Waals surface area (Å²) in [4.78, 5) is 2.58. The molecule has 0 N–H and O–H groups in total. The topological polar surface area (TPSA) is 3.24 Å². The first-order chi connectivity index (χ1) is 9.86. The van der Waals surface area contributed by atoms with Crippen molar-refractivity contribution in [2.45, 2.75) is 25.6 Å². The molecule has 3 rings (SSSR count). The molecule has 1 heteroatoms. The highest BCUT2D eigenvalue weighted by Crippen LogP contribution is 2.38. The van der Waals surface area contributed by atoms with Crippen LogP contribution in [0.1, 0.15) is 17.5 Å². The molecular formula is C19H21N. The van der Waals surface area contributed by atoms with Crippen molar-refractivity contribution in [3.63, 3.8) is 0 Å². The van der Waals surface area contributed by atoms with Crippen LogP contribution in [0.5, 0.6) is 0 Å². The summed E-state index contributed by atoms with van der Waals surface area (Å²) in [6.07, 6.45) is 3.36. The molecule has 102 valence electrons. The van der Waals surface area contributed by atoms with Gasteiger partial charge in [0.05, 0.1) is 0 Å². The van der Waals surface area contributed by atoms with Crippen molar-refractivity contribution >= 4 is 0 Å². The molecule has 1 saturated carbocycles. The zero-order valence-corrected chi connectivity index (χ0v) is 11.8. The van der Waals surface area contributed by atoms with Crippen molar-refractivity contribution in [2.75, 3.05) is 0 Å². The van der Waals surface area contributed by atoms with Crippen molar-refractivity contribution in [1.82, 2.24) is 4.90 Å². The van der Waals surface area contributed by atoms with Gasteiger partial charge in [0.25, 0.3) is 0 Å². The van der Waals surface area contributed by atoms with Crippen LogP contribution in [-0.2, 0) is 13.1 Å². The molecule has 0 heterocycles. The Morgan fingerprint density at radius 2 is 1.40 bits per heavy atom. The van der Waals surface area contributed by atoms with Crippen LogP contribution in [0.3, 0.4) is 0 Å². The van der Waals surface area contributed by atoms with Crippen LogP contribution in [0.15, 0.2) is 73.3 Å². The fraction of sp³-hybridized carbons (Fsp3) is 0.263. The minimum atomic E-state index is 0.660. The standard InChI is InChI=1S/C19H21N/c1-2-18-13-19(18)20(14-16-9-5-3-6-10-16)15-17-11-7-4-8-12-17/h2-12,18-19H,1,13-15H2/t18-,19-/m1/s1. The molecule has 1 nitrogen and oxygen atoms in total. The van der Waals surface area contributed by atoms with Gasteiger partial charge in [-0.15, -0.1) is 6.58 Å². The zero-order valence-electron chi connectivity index (χ0n) is 11.8. The van der Waals surface area contributed by atoms with Crippen molar-refractivity contribution in [2.24, 2.45) is 5.92 Å². The summed E-state index contributed by atoms with van der Waals surface area (Å²) in [5.41, 5.74) is 2.77. The van der Waals surface area contributed by atoms with Crippen LogP contribution < -0.4 is 0 Å². The van der Waals surface area contributed by atoms with Gasteiger partial charge in [-0.2, -0.15) is 0 Å². The van der Waals surface area contributed by atoms with Crippen LogP contribution in [0.25, 0.3) is 0 Å². The lowest BCUT2D eigenvalue weighted by Crippen LogP contribution is -2.26. The van der Waals surface area contributed by atoms with Crippen LogP contribution in [0.4, 0.5) is 0 Å². The van der Waals surface area contributed by atoms with E-state index in [1.807, 2.05) is 0 Å². The molecule has 1 aliphatic rings. The first-order valence-corrected chi connectivity index (χ1v) is 7.31.